The first kappa shape index (κ1) is 61.7. The van der Waals surface area contributed by atoms with E-state index < -0.39 is 28.3 Å². The molecule has 10 aromatic rings. The van der Waals surface area contributed by atoms with Gasteiger partial charge in [-0.05, 0) is 182 Å². The molecule has 3 aliphatic heterocycles. The van der Waals surface area contributed by atoms with Crippen molar-refractivity contribution < 1.29 is 41.4 Å². The van der Waals surface area contributed by atoms with Crippen LogP contribution in [0.25, 0.3) is 66.8 Å². The van der Waals surface area contributed by atoms with Gasteiger partial charge in [-0.25, -0.2) is 22.4 Å². The Bertz CT molecular complexity index is 4470. The van der Waals surface area contributed by atoms with E-state index in [-0.39, 0.29) is 4.90 Å². The van der Waals surface area contributed by atoms with Gasteiger partial charge in [0.2, 0.25) is 0 Å². The zero-order valence-corrected chi connectivity index (χ0v) is 51.9. The lowest BCUT2D eigenvalue weighted by molar-refractivity contribution is 0.00578. The summed E-state index contributed by atoms with van der Waals surface area (Å²) < 4.78 is 68.4. The molecule has 454 valence electrons. The molecule has 0 atom stereocenters. The van der Waals surface area contributed by atoms with E-state index in [1.807, 2.05) is 94.4 Å². The number of hydrogen-bond donors (Lipinski definition) is 1. The number of nitriles is 3. The highest BCUT2D eigenvalue weighted by molar-refractivity contribution is 7.90. The fourth-order valence-electron chi connectivity index (χ4n) is 11.0. The molecule has 7 heterocycles. The summed E-state index contributed by atoms with van der Waals surface area (Å²) >= 11 is 0. The zero-order chi connectivity index (χ0) is 63.2. The number of H-pyrrole nitrogens is 1. The van der Waals surface area contributed by atoms with Crippen LogP contribution in [0.3, 0.4) is 0 Å². The summed E-state index contributed by atoms with van der Waals surface area (Å²) in [5.74, 6) is 1.83. The third-order valence-electron chi connectivity index (χ3n) is 16.6. The first-order valence-corrected chi connectivity index (χ1v) is 30.8. The van der Waals surface area contributed by atoms with E-state index in [2.05, 4.69) is 73.3 Å². The van der Waals surface area contributed by atoms with E-state index in [0.29, 0.717) is 63.9 Å². The van der Waals surface area contributed by atoms with Gasteiger partial charge >= 0.3 is 7.12 Å². The number of ether oxygens (including phenoxy) is 5. The average molecular weight is 1220 g/mol. The smallest absolute Gasteiger partial charge is 0.495 e. The Hall–Kier alpha value is -9.98. The molecule has 0 saturated carbocycles. The van der Waals surface area contributed by atoms with Crippen molar-refractivity contribution in [2.24, 2.45) is 0 Å². The van der Waals surface area contributed by atoms with Crippen LogP contribution >= 0.6 is 0 Å². The van der Waals surface area contributed by atoms with Crippen molar-refractivity contribution in [2.45, 2.75) is 43.8 Å². The molecular weight excluding hydrogens is 1150 g/mol. The van der Waals surface area contributed by atoms with Gasteiger partial charge in [0.25, 0.3) is 10.0 Å². The molecule has 20 heteroatoms. The summed E-state index contributed by atoms with van der Waals surface area (Å²) in [5, 5.41) is 29.6. The number of rotatable bonds is 12. The van der Waals surface area contributed by atoms with Crippen LogP contribution in [-0.2, 0) is 28.8 Å². The minimum absolute atomic E-state index is 0.166. The standard InChI is InChI=1S/C31H26N4O4S.C25H22N4O2.C14H18BNO3/c1-38-26-18-22(21-32)17-24(19-26)28-11-12-33-31-29(28)20-30(35(31)40(36,37)27-5-3-2-4-6-27)23-7-9-25(10-8-23)34-13-15-39-16-14-34;1-30-21-13-17(16-26)12-19(14-21)22-6-7-27-25-23(22)15-24(28-25)18-2-4-20(5-3-18)29-8-10-31-11-9-29;1-13(2)14(3,4)19-15(18-13)11-6-10(9-16)7-12(8-11)17-5/h2-12,17-20H,13-16H2,1H3;2-7,12-15H,8-11H2,1H3,(H,27,28);6-8H,1-5H3. The van der Waals surface area contributed by atoms with E-state index >= 15 is 0 Å². The van der Waals surface area contributed by atoms with Crippen molar-refractivity contribution in [3.63, 3.8) is 0 Å². The minimum atomic E-state index is -4.01. The second-order valence-electron chi connectivity index (χ2n) is 22.6. The fourth-order valence-corrected chi connectivity index (χ4v) is 12.5. The maximum Gasteiger partial charge on any atom is 0.495 e. The predicted molar refractivity (Wildman–Crippen MR) is 349 cm³/mol. The van der Waals surface area contributed by atoms with Gasteiger partial charge in [0.15, 0.2) is 5.65 Å². The number of nitrogens with zero attached hydrogens (tertiary/aromatic N) is 8. The Morgan fingerprint density at radius 3 is 1.52 bits per heavy atom. The van der Waals surface area contributed by atoms with E-state index in [4.69, 9.17) is 38.3 Å². The quantitative estimate of drug-likeness (QED) is 0.112. The summed E-state index contributed by atoms with van der Waals surface area (Å²) in [6.07, 6.45) is 3.37. The number of morpholine rings is 2. The van der Waals surface area contributed by atoms with E-state index in [0.717, 1.165) is 101 Å². The van der Waals surface area contributed by atoms with Crippen molar-refractivity contribution in [3.8, 4) is 80.2 Å². The van der Waals surface area contributed by atoms with Gasteiger partial charge in [0, 0.05) is 66.4 Å². The van der Waals surface area contributed by atoms with Crippen molar-refractivity contribution in [1.82, 2.24) is 18.9 Å². The number of aromatic nitrogens is 4. The molecule has 90 heavy (non-hydrogen) atoms. The number of hydrogen-bond acceptors (Lipinski definition) is 16. The Morgan fingerprint density at radius 1 is 0.533 bits per heavy atom. The Kier molecular flexibility index (Phi) is 18.1. The Balaban J connectivity index is 0.000000148. The second kappa shape index (κ2) is 26.4. The largest absolute Gasteiger partial charge is 0.497 e. The van der Waals surface area contributed by atoms with E-state index in [1.54, 1.807) is 94.4 Å². The molecule has 0 unspecified atom stereocenters. The van der Waals surface area contributed by atoms with Gasteiger partial charge in [-0.2, -0.15) is 15.8 Å². The molecule has 0 aliphatic carbocycles. The van der Waals surface area contributed by atoms with Gasteiger partial charge in [-0.1, -0.05) is 42.5 Å². The molecular formula is C70H66BN9O9S. The monoisotopic (exact) mass is 1220 g/mol. The molecule has 0 amide bonds. The van der Waals surface area contributed by atoms with Crippen LogP contribution in [0.1, 0.15) is 44.4 Å². The first-order chi connectivity index (χ1) is 43.5. The highest BCUT2D eigenvalue weighted by atomic mass is 32.2. The average Bonchev–Trinajstić information content (AvgIpc) is 1.60. The molecule has 0 bridgehead atoms. The van der Waals surface area contributed by atoms with Crippen LogP contribution in [0.2, 0.25) is 0 Å². The second-order valence-corrected chi connectivity index (χ2v) is 24.4. The third kappa shape index (κ3) is 13.0. The van der Waals surface area contributed by atoms with Crippen LogP contribution < -0.4 is 29.5 Å². The summed E-state index contributed by atoms with van der Waals surface area (Å²) in [6.45, 7) is 14.4. The highest BCUT2D eigenvalue weighted by Gasteiger charge is 2.52. The lowest BCUT2D eigenvalue weighted by Crippen LogP contribution is -2.41. The number of benzene rings is 6. The number of aromatic amines is 1. The third-order valence-corrected chi connectivity index (χ3v) is 18.3. The molecule has 3 aliphatic rings. The van der Waals surface area contributed by atoms with Gasteiger partial charge in [-0.15, -0.1) is 0 Å². The minimum Gasteiger partial charge on any atom is -0.497 e. The number of pyridine rings is 2. The molecule has 0 spiro atoms. The molecule has 0 radical (unpaired) electrons. The Morgan fingerprint density at radius 2 is 1.01 bits per heavy atom. The van der Waals surface area contributed by atoms with Gasteiger partial charge < -0.3 is 47.8 Å². The van der Waals surface area contributed by atoms with Crippen LogP contribution in [0, 0.1) is 34.0 Å². The number of nitrogens with one attached hydrogen (secondary N) is 1. The molecule has 6 aromatic carbocycles. The van der Waals surface area contributed by atoms with Crippen molar-refractivity contribution in [3.05, 3.63) is 187 Å². The van der Waals surface area contributed by atoms with Crippen LogP contribution in [0.5, 0.6) is 17.2 Å². The van der Waals surface area contributed by atoms with Gasteiger partial charge in [-0.3, -0.25) is 0 Å². The highest BCUT2D eigenvalue weighted by Crippen LogP contribution is 2.40. The molecule has 3 fully saturated rings. The van der Waals surface area contributed by atoms with Crippen LogP contribution in [-0.4, -0.2) is 120 Å². The van der Waals surface area contributed by atoms with Crippen LogP contribution in [0.4, 0.5) is 11.4 Å². The van der Waals surface area contributed by atoms with Gasteiger partial charge in [0.05, 0.1) is 104 Å². The summed E-state index contributed by atoms with van der Waals surface area (Å²) in [4.78, 5) is 17.3. The van der Waals surface area contributed by atoms with Crippen molar-refractivity contribution >= 4 is 56.0 Å². The molecule has 18 nitrogen and oxygen atoms in total. The molecule has 1 N–H and O–H groups in total. The first-order valence-electron chi connectivity index (χ1n) is 29.3. The van der Waals surface area contributed by atoms with Gasteiger partial charge in [0.1, 0.15) is 22.9 Å². The van der Waals surface area contributed by atoms with Crippen molar-refractivity contribution in [1.29, 1.82) is 15.8 Å². The lowest BCUT2D eigenvalue weighted by Gasteiger charge is -2.32. The topological polar surface area (TPSA) is 223 Å². The maximum atomic E-state index is 14.1. The fraction of sp³-hybridized carbons (Fsp3) is 0.243. The normalized spacial score (nSPS) is 15.1. The number of anilines is 2. The van der Waals surface area contributed by atoms with Crippen molar-refractivity contribution in [2.75, 3.05) is 83.7 Å². The lowest BCUT2D eigenvalue weighted by atomic mass is 9.78. The number of fused-ring (bicyclic) bond motifs is 2. The van der Waals surface area contributed by atoms with E-state index in [9.17, 15) is 18.9 Å². The Labute approximate surface area is 524 Å². The SMILES string of the molecule is COc1cc(C#N)cc(-c2ccnc3[nH]c(-c4ccc(N5CCOCC5)cc4)cc23)c1.COc1cc(C#N)cc(-c2ccnc3c2cc(-c2ccc(N4CCOCC4)cc2)n3S(=O)(=O)c2ccccc2)c1.COc1cc(C#N)cc(B2OC(C)(C)C(C)(C)O2)c1. The molecule has 13 rings (SSSR count). The summed E-state index contributed by atoms with van der Waals surface area (Å²) in [5.41, 5.74) is 11.7. The summed E-state index contributed by atoms with van der Waals surface area (Å²) in [6, 6.07) is 55.2. The predicted octanol–water partition coefficient (Wildman–Crippen LogP) is 11.8. The summed E-state index contributed by atoms with van der Waals surface area (Å²) in [7, 11) is 0.243. The van der Waals surface area contributed by atoms with Crippen LogP contribution in [0.15, 0.2) is 175 Å². The number of methoxy groups -OCH3 is 3. The molecule has 3 saturated heterocycles. The maximum absolute atomic E-state index is 14.1. The molecule has 4 aromatic heterocycles. The zero-order valence-electron chi connectivity index (χ0n) is 51.1. The van der Waals surface area contributed by atoms with E-state index in [1.165, 1.54) is 9.66 Å².